The van der Waals surface area contributed by atoms with Crippen molar-refractivity contribution >= 4 is 5.82 Å². The third-order valence-electron chi connectivity index (χ3n) is 1.99. The molecule has 0 atom stereocenters. The van der Waals surface area contributed by atoms with Crippen molar-refractivity contribution in [1.82, 2.24) is 4.98 Å². The van der Waals surface area contributed by atoms with Gasteiger partial charge >= 0.3 is 0 Å². The molecule has 0 unspecified atom stereocenters. The average Bonchev–Trinajstić information content (AvgIpc) is 2.27. The summed E-state index contributed by atoms with van der Waals surface area (Å²) in [5, 5.41) is 3.24. The number of nitrogens with two attached hydrogens (primary N) is 1. The molecule has 0 aliphatic rings. The maximum Gasteiger partial charge on any atom is 0.168 e. The summed E-state index contributed by atoms with van der Waals surface area (Å²) in [4.78, 5) is 4.23. The number of hydrogen-bond donors (Lipinski definition) is 2. The van der Waals surface area contributed by atoms with Crippen LogP contribution in [0.3, 0.4) is 0 Å². The molecule has 1 aromatic rings. The van der Waals surface area contributed by atoms with E-state index in [1.165, 1.54) is 0 Å². The zero-order valence-electron chi connectivity index (χ0n) is 9.20. The molecule has 0 saturated heterocycles. The van der Waals surface area contributed by atoms with Crippen molar-refractivity contribution in [2.75, 3.05) is 25.0 Å². The molecule has 1 rings (SSSR count). The van der Waals surface area contributed by atoms with Crippen LogP contribution in [0.25, 0.3) is 0 Å². The lowest BCUT2D eigenvalue weighted by molar-refractivity contribution is 0.340. The van der Waals surface area contributed by atoms with E-state index < -0.39 is 0 Å². The first-order chi connectivity index (χ1) is 7.38. The molecule has 3 N–H and O–H groups in total. The van der Waals surface area contributed by atoms with Gasteiger partial charge in [0.05, 0.1) is 6.61 Å². The summed E-state index contributed by atoms with van der Waals surface area (Å²) in [6.07, 6.45) is 3.84. The van der Waals surface area contributed by atoms with Crippen molar-refractivity contribution < 1.29 is 4.74 Å². The van der Waals surface area contributed by atoms with Gasteiger partial charge in [-0.15, -0.1) is 0 Å². The predicted octanol–water partition coefficient (Wildman–Crippen LogP) is 1.63. The third-order valence-corrected chi connectivity index (χ3v) is 1.99. The molecule has 4 heteroatoms. The molecule has 0 spiro atoms. The molecule has 0 fully saturated rings. The fourth-order valence-corrected chi connectivity index (χ4v) is 1.27. The Morgan fingerprint density at radius 1 is 1.47 bits per heavy atom. The molecular weight excluding hydrogens is 190 g/mol. The summed E-state index contributed by atoms with van der Waals surface area (Å²) < 4.78 is 5.44. The van der Waals surface area contributed by atoms with Gasteiger partial charge in [0, 0.05) is 12.7 Å². The number of aromatic nitrogens is 1. The molecule has 4 nitrogen and oxygen atoms in total. The quantitative estimate of drug-likeness (QED) is 0.670. The van der Waals surface area contributed by atoms with Crippen LogP contribution in [0.1, 0.15) is 19.8 Å². The van der Waals surface area contributed by atoms with Gasteiger partial charge in [0.15, 0.2) is 11.6 Å². The van der Waals surface area contributed by atoms with Gasteiger partial charge in [-0.3, -0.25) is 0 Å². The first-order valence-corrected chi connectivity index (χ1v) is 5.40. The lowest BCUT2D eigenvalue weighted by atomic mass is 10.3. The third kappa shape index (κ3) is 4.16. The van der Waals surface area contributed by atoms with Gasteiger partial charge < -0.3 is 15.8 Å². The van der Waals surface area contributed by atoms with Crippen molar-refractivity contribution in [1.29, 1.82) is 0 Å². The fourth-order valence-electron chi connectivity index (χ4n) is 1.27. The number of ether oxygens (including phenoxy) is 1. The van der Waals surface area contributed by atoms with Crippen molar-refractivity contribution in [2.45, 2.75) is 19.8 Å². The van der Waals surface area contributed by atoms with Crippen LogP contribution in [-0.4, -0.2) is 24.7 Å². The van der Waals surface area contributed by atoms with Crippen LogP contribution in [0.5, 0.6) is 5.75 Å². The van der Waals surface area contributed by atoms with E-state index in [1.807, 2.05) is 19.1 Å². The highest BCUT2D eigenvalue weighted by molar-refractivity contribution is 5.49. The van der Waals surface area contributed by atoms with Gasteiger partial charge in [-0.05, 0) is 38.4 Å². The van der Waals surface area contributed by atoms with Crippen LogP contribution in [0.4, 0.5) is 5.82 Å². The number of unbranched alkanes of at least 4 members (excludes halogenated alkanes) is 1. The predicted molar refractivity (Wildman–Crippen MR) is 62.2 cm³/mol. The molecule has 0 aliphatic heterocycles. The first kappa shape index (κ1) is 11.8. The molecule has 0 amide bonds. The minimum Gasteiger partial charge on any atom is -0.490 e. The summed E-state index contributed by atoms with van der Waals surface area (Å²) in [6.45, 7) is 4.24. The van der Waals surface area contributed by atoms with Crippen LogP contribution in [-0.2, 0) is 0 Å². The highest BCUT2D eigenvalue weighted by atomic mass is 16.5. The molecular formula is C11H19N3O. The normalized spacial score (nSPS) is 10.0. The lowest BCUT2D eigenvalue weighted by Gasteiger charge is -2.10. The highest BCUT2D eigenvalue weighted by Gasteiger charge is 2.01. The number of anilines is 1. The van der Waals surface area contributed by atoms with Crippen molar-refractivity contribution in [3.63, 3.8) is 0 Å². The summed E-state index contributed by atoms with van der Waals surface area (Å²) in [7, 11) is 0. The smallest absolute Gasteiger partial charge is 0.168 e. The minimum atomic E-state index is 0.656. The highest BCUT2D eigenvalue weighted by Crippen LogP contribution is 2.20. The zero-order chi connectivity index (χ0) is 10.9. The number of nitrogens with one attached hydrogen (secondary N) is 1. The molecule has 1 heterocycles. The van der Waals surface area contributed by atoms with Gasteiger partial charge in [0.1, 0.15) is 0 Å². The largest absolute Gasteiger partial charge is 0.490 e. The van der Waals surface area contributed by atoms with Crippen LogP contribution in [0.2, 0.25) is 0 Å². The Morgan fingerprint density at radius 2 is 2.33 bits per heavy atom. The molecule has 0 radical (unpaired) electrons. The zero-order valence-corrected chi connectivity index (χ0v) is 9.20. The molecule has 0 aliphatic carbocycles. The lowest BCUT2D eigenvalue weighted by Crippen LogP contribution is -2.08. The van der Waals surface area contributed by atoms with E-state index in [1.54, 1.807) is 6.20 Å². The maximum atomic E-state index is 5.44. The molecule has 1 aromatic heterocycles. The Labute approximate surface area is 90.8 Å². The van der Waals surface area contributed by atoms with Crippen LogP contribution < -0.4 is 15.8 Å². The second-order valence-corrected chi connectivity index (χ2v) is 3.21. The fraction of sp³-hybridized carbons (Fsp3) is 0.545. The van der Waals surface area contributed by atoms with Crippen LogP contribution >= 0.6 is 0 Å². The van der Waals surface area contributed by atoms with E-state index >= 15 is 0 Å². The molecule has 0 bridgehead atoms. The number of hydrogen-bond acceptors (Lipinski definition) is 4. The number of nitrogens with zero attached hydrogens (tertiary/aromatic N) is 1. The molecule has 0 saturated carbocycles. The van der Waals surface area contributed by atoms with E-state index in [-0.39, 0.29) is 0 Å². The topological polar surface area (TPSA) is 60.2 Å². The van der Waals surface area contributed by atoms with E-state index in [0.717, 1.165) is 37.5 Å². The second kappa shape index (κ2) is 7.06. The second-order valence-electron chi connectivity index (χ2n) is 3.21. The summed E-state index contributed by atoms with van der Waals surface area (Å²) in [5.41, 5.74) is 5.42. The molecule has 0 aromatic carbocycles. The average molecular weight is 209 g/mol. The van der Waals surface area contributed by atoms with Gasteiger partial charge in [-0.2, -0.15) is 0 Å². The molecule has 84 valence electrons. The van der Waals surface area contributed by atoms with Crippen LogP contribution in [0.15, 0.2) is 18.3 Å². The van der Waals surface area contributed by atoms with E-state index in [9.17, 15) is 0 Å². The molecule has 15 heavy (non-hydrogen) atoms. The SMILES string of the molecule is CCOc1cccnc1NCCCCN. The van der Waals surface area contributed by atoms with Crippen molar-refractivity contribution in [3.05, 3.63) is 18.3 Å². The summed E-state index contributed by atoms with van der Waals surface area (Å²) >= 11 is 0. The van der Waals surface area contributed by atoms with Crippen LogP contribution in [0, 0.1) is 0 Å². The Hall–Kier alpha value is -1.29. The van der Waals surface area contributed by atoms with Gasteiger partial charge in [0.25, 0.3) is 0 Å². The van der Waals surface area contributed by atoms with Gasteiger partial charge in [-0.25, -0.2) is 4.98 Å². The Balaban J connectivity index is 2.44. The Bertz CT molecular complexity index is 278. The number of pyridine rings is 1. The minimum absolute atomic E-state index is 0.656. The maximum absolute atomic E-state index is 5.44. The Kier molecular flexibility index (Phi) is 5.55. The standard InChI is InChI=1S/C11H19N3O/c1-2-15-10-6-5-9-14-11(10)13-8-4-3-7-12/h5-6,9H,2-4,7-8,12H2,1H3,(H,13,14). The summed E-state index contributed by atoms with van der Waals surface area (Å²) in [6, 6.07) is 3.79. The van der Waals surface area contributed by atoms with Crippen molar-refractivity contribution in [2.24, 2.45) is 5.73 Å². The van der Waals surface area contributed by atoms with E-state index in [2.05, 4.69) is 10.3 Å². The number of rotatable bonds is 7. The Morgan fingerprint density at radius 3 is 3.07 bits per heavy atom. The van der Waals surface area contributed by atoms with Gasteiger partial charge in [-0.1, -0.05) is 0 Å². The van der Waals surface area contributed by atoms with E-state index in [0.29, 0.717) is 6.61 Å². The summed E-state index contributed by atoms with van der Waals surface area (Å²) in [5.74, 6) is 1.63. The van der Waals surface area contributed by atoms with Gasteiger partial charge in [0.2, 0.25) is 0 Å². The monoisotopic (exact) mass is 209 g/mol. The first-order valence-electron chi connectivity index (χ1n) is 5.40. The van der Waals surface area contributed by atoms with Crippen molar-refractivity contribution in [3.8, 4) is 5.75 Å². The van der Waals surface area contributed by atoms with E-state index in [4.69, 9.17) is 10.5 Å².